The number of carboxylic acid groups (broad SMARTS) is 1. The second-order valence-corrected chi connectivity index (χ2v) is 5.69. The van der Waals surface area contributed by atoms with E-state index in [0.717, 1.165) is 0 Å². The van der Waals surface area contributed by atoms with E-state index in [1.165, 1.54) is 0 Å². The van der Waals surface area contributed by atoms with Gasteiger partial charge in [0.05, 0.1) is 0 Å². The molecule has 0 aliphatic carbocycles. The van der Waals surface area contributed by atoms with E-state index in [-0.39, 0.29) is 13.0 Å². The number of carbonyl (C=O) groups excluding carboxylic acids is 1. The summed E-state index contributed by atoms with van der Waals surface area (Å²) in [5, 5.41) is 18.7. The van der Waals surface area contributed by atoms with Crippen LogP contribution in [0.5, 0.6) is 0 Å². The summed E-state index contributed by atoms with van der Waals surface area (Å²) in [6.07, 6.45) is -0.414. The minimum absolute atomic E-state index is 0.112. The lowest BCUT2D eigenvalue weighted by Crippen LogP contribution is -2.50. The number of nitrogens with one attached hydrogen (secondary N) is 2. The van der Waals surface area contributed by atoms with Gasteiger partial charge in [0.15, 0.2) is 0 Å². The molecule has 0 spiro atoms. The van der Waals surface area contributed by atoms with Gasteiger partial charge in [-0.1, -0.05) is 0 Å². The number of carboxylic acids is 1. The highest BCUT2D eigenvalue weighted by atomic mass is 16.6. The molecule has 0 bridgehead atoms. The van der Waals surface area contributed by atoms with Gasteiger partial charge in [0.25, 0.3) is 0 Å². The van der Waals surface area contributed by atoms with Crippen LogP contribution in [0.3, 0.4) is 0 Å². The fourth-order valence-corrected chi connectivity index (χ4v) is 1.53. The minimum Gasteiger partial charge on any atom is -0.477 e. The summed E-state index contributed by atoms with van der Waals surface area (Å²) in [4.78, 5) is 22.4. The smallest absolute Gasteiger partial charge is 0.408 e. The highest BCUT2D eigenvalue weighted by molar-refractivity contribution is 6.34. The second-order valence-electron chi connectivity index (χ2n) is 5.69. The van der Waals surface area contributed by atoms with E-state index in [0.29, 0.717) is 6.42 Å². The molecule has 0 radical (unpaired) electrons. The molecule has 0 saturated heterocycles. The third kappa shape index (κ3) is 7.40. The molecule has 0 saturated carbocycles. The highest BCUT2D eigenvalue weighted by Gasteiger charge is 2.31. The second kappa shape index (κ2) is 6.51. The van der Waals surface area contributed by atoms with Gasteiger partial charge in [-0.25, -0.2) is 9.59 Å². The number of rotatable bonds is 6. The van der Waals surface area contributed by atoms with Crippen molar-refractivity contribution < 1.29 is 19.4 Å². The van der Waals surface area contributed by atoms with E-state index in [2.05, 4.69) is 5.32 Å². The van der Waals surface area contributed by atoms with Gasteiger partial charge < -0.3 is 20.9 Å². The van der Waals surface area contributed by atoms with Crippen molar-refractivity contribution in [2.24, 2.45) is 5.73 Å². The summed E-state index contributed by atoms with van der Waals surface area (Å²) in [5.41, 5.74) is 3.42. The Hall–Kier alpha value is -1.63. The molecule has 0 rings (SSSR count). The molecule has 1 amide bonds. The van der Waals surface area contributed by atoms with Gasteiger partial charge in [0, 0.05) is 12.0 Å². The van der Waals surface area contributed by atoms with Crippen molar-refractivity contribution in [1.82, 2.24) is 5.32 Å². The summed E-state index contributed by atoms with van der Waals surface area (Å²) in [5.74, 6) is -1.31. The topological polar surface area (TPSA) is 126 Å². The zero-order chi connectivity index (χ0) is 15.3. The van der Waals surface area contributed by atoms with Gasteiger partial charge in [-0.2, -0.15) is 0 Å². The molecular formula is C12H23N3O4. The summed E-state index contributed by atoms with van der Waals surface area (Å²) in [6, 6.07) is 0. The Morgan fingerprint density at radius 1 is 1.32 bits per heavy atom. The van der Waals surface area contributed by atoms with Crippen LogP contribution in [0.15, 0.2) is 0 Å². The first-order valence-electron chi connectivity index (χ1n) is 6.01. The molecule has 0 aliphatic rings. The number of hydrogen-bond donors (Lipinski definition) is 4. The number of alkyl carbamates (subject to hydrolysis) is 1. The average Bonchev–Trinajstić information content (AvgIpc) is 2.12. The fraction of sp³-hybridized carbons (Fsp3) is 0.750. The van der Waals surface area contributed by atoms with E-state index in [4.69, 9.17) is 21.0 Å². The third-order valence-electron chi connectivity index (χ3n) is 2.32. The van der Waals surface area contributed by atoms with Crippen molar-refractivity contribution in [1.29, 1.82) is 5.41 Å². The maximum absolute atomic E-state index is 11.7. The molecule has 7 nitrogen and oxygen atoms in total. The van der Waals surface area contributed by atoms with Crippen molar-refractivity contribution in [2.75, 3.05) is 6.54 Å². The summed E-state index contributed by atoms with van der Waals surface area (Å²) < 4.78 is 5.11. The molecule has 0 aliphatic heterocycles. The predicted octanol–water partition coefficient (Wildman–Crippen LogP) is 1.11. The molecule has 1 atom stereocenters. The largest absolute Gasteiger partial charge is 0.477 e. The SMILES string of the molecule is CC(CCN)(CC(=N)C(=O)O)NC(=O)OC(C)(C)C. The maximum Gasteiger partial charge on any atom is 0.408 e. The Bertz CT molecular complexity index is 362. The van der Waals surface area contributed by atoms with Crippen LogP contribution in [0.2, 0.25) is 0 Å². The van der Waals surface area contributed by atoms with Crippen molar-refractivity contribution in [3.05, 3.63) is 0 Å². The zero-order valence-corrected chi connectivity index (χ0v) is 11.9. The van der Waals surface area contributed by atoms with Crippen LogP contribution in [0.4, 0.5) is 4.79 Å². The zero-order valence-electron chi connectivity index (χ0n) is 11.9. The molecular weight excluding hydrogens is 250 g/mol. The van der Waals surface area contributed by atoms with E-state index < -0.39 is 28.9 Å². The van der Waals surface area contributed by atoms with Crippen molar-refractivity contribution in [3.8, 4) is 0 Å². The molecule has 0 fully saturated rings. The van der Waals surface area contributed by atoms with Crippen molar-refractivity contribution in [2.45, 2.75) is 51.7 Å². The molecule has 19 heavy (non-hydrogen) atoms. The van der Waals surface area contributed by atoms with Gasteiger partial charge in [-0.3, -0.25) is 5.41 Å². The van der Waals surface area contributed by atoms with Crippen molar-refractivity contribution in [3.63, 3.8) is 0 Å². The Labute approximate surface area is 113 Å². The van der Waals surface area contributed by atoms with Gasteiger partial charge in [-0.15, -0.1) is 0 Å². The maximum atomic E-state index is 11.7. The molecule has 0 heterocycles. The number of amides is 1. The monoisotopic (exact) mass is 273 g/mol. The molecule has 0 aromatic carbocycles. The Kier molecular flexibility index (Phi) is 5.95. The minimum atomic E-state index is -1.31. The van der Waals surface area contributed by atoms with E-state index in [1.807, 2.05) is 0 Å². The Morgan fingerprint density at radius 2 is 1.84 bits per heavy atom. The molecule has 7 heteroatoms. The van der Waals surface area contributed by atoms with Crippen LogP contribution < -0.4 is 11.1 Å². The fourth-order valence-electron chi connectivity index (χ4n) is 1.53. The van der Waals surface area contributed by atoms with Crippen LogP contribution in [0, 0.1) is 5.41 Å². The van der Waals surface area contributed by atoms with Crippen LogP contribution in [-0.2, 0) is 9.53 Å². The van der Waals surface area contributed by atoms with Crippen LogP contribution in [0.25, 0.3) is 0 Å². The van der Waals surface area contributed by atoms with Crippen LogP contribution >= 0.6 is 0 Å². The quantitative estimate of drug-likeness (QED) is 0.539. The lowest BCUT2D eigenvalue weighted by Gasteiger charge is -2.31. The first kappa shape index (κ1) is 17.4. The summed E-state index contributed by atoms with van der Waals surface area (Å²) >= 11 is 0. The van der Waals surface area contributed by atoms with Crippen LogP contribution in [-0.4, -0.2) is 40.6 Å². The lowest BCUT2D eigenvalue weighted by molar-refractivity contribution is -0.129. The van der Waals surface area contributed by atoms with Gasteiger partial charge in [0.1, 0.15) is 11.3 Å². The van der Waals surface area contributed by atoms with E-state index in [9.17, 15) is 9.59 Å². The molecule has 0 aromatic heterocycles. The van der Waals surface area contributed by atoms with E-state index in [1.54, 1.807) is 27.7 Å². The number of hydrogen-bond acceptors (Lipinski definition) is 5. The number of nitrogens with two attached hydrogens (primary N) is 1. The van der Waals surface area contributed by atoms with Gasteiger partial charge >= 0.3 is 12.1 Å². The normalized spacial score (nSPS) is 14.4. The number of aliphatic carboxylic acids is 1. The first-order valence-corrected chi connectivity index (χ1v) is 6.01. The van der Waals surface area contributed by atoms with Crippen LogP contribution in [0.1, 0.15) is 40.5 Å². The summed E-state index contributed by atoms with van der Waals surface area (Å²) in [6.45, 7) is 7.09. The first-order chi connectivity index (χ1) is 8.49. The molecule has 1 unspecified atom stereocenters. The molecule has 0 aromatic rings. The Morgan fingerprint density at radius 3 is 2.21 bits per heavy atom. The summed E-state index contributed by atoms with van der Waals surface area (Å²) in [7, 11) is 0. The number of carbonyl (C=O) groups is 2. The predicted molar refractivity (Wildman–Crippen MR) is 71.4 cm³/mol. The van der Waals surface area contributed by atoms with Gasteiger partial charge in [0.2, 0.25) is 0 Å². The van der Waals surface area contributed by atoms with E-state index >= 15 is 0 Å². The molecule has 5 N–H and O–H groups in total. The Balaban J connectivity index is 4.75. The number of ether oxygens (including phenoxy) is 1. The third-order valence-corrected chi connectivity index (χ3v) is 2.32. The molecule has 110 valence electrons. The van der Waals surface area contributed by atoms with Gasteiger partial charge in [-0.05, 0) is 40.7 Å². The lowest BCUT2D eigenvalue weighted by atomic mass is 9.91. The highest BCUT2D eigenvalue weighted by Crippen LogP contribution is 2.17. The standard InChI is InChI=1S/C12H23N3O4/c1-11(2,3)19-10(18)15-12(4,5-6-13)7-8(14)9(16)17/h14H,5-7,13H2,1-4H3,(H,15,18)(H,16,17). The average molecular weight is 273 g/mol. The van der Waals surface area contributed by atoms with Crippen molar-refractivity contribution >= 4 is 17.8 Å².